The van der Waals surface area contributed by atoms with Crippen LogP contribution in [0, 0.1) is 17.3 Å². The monoisotopic (exact) mass is 282 g/mol. The summed E-state index contributed by atoms with van der Waals surface area (Å²) in [7, 11) is 0. The van der Waals surface area contributed by atoms with Crippen LogP contribution in [-0.2, 0) is 4.79 Å². The van der Waals surface area contributed by atoms with Crippen LogP contribution in [0.3, 0.4) is 0 Å². The van der Waals surface area contributed by atoms with Crippen molar-refractivity contribution < 1.29 is 4.79 Å². The lowest BCUT2D eigenvalue weighted by Crippen LogP contribution is -2.50. The highest BCUT2D eigenvalue weighted by Crippen LogP contribution is 2.38. The summed E-state index contributed by atoms with van der Waals surface area (Å²) >= 11 is 0. The smallest absolute Gasteiger partial charge is 0.230 e. The van der Waals surface area contributed by atoms with Crippen LogP contribution in [0.4, 0.5) is 0 Å². The fraction of sp³-hybridized carbons (Fsp3) is 0.941. The Bertz CT molecular complexity index is 302. The molecule has 0 aromatic carbocycles. The Labute approximate surface area is 125 Å². The second-order valence-corrected chi connectivity index (χ2v) is 7.57. The zero-order valence-electron chi connectivity index (χ0n) is 14.1. The molecular weight excluding hydrogens is 248 g/mol. The summed E-state index contributed by atoms with van der Waals surface area (Å²) in [5.74, 6) is 1.56. The lowest BCUT2D eigenvalue weighted by atomic mass is 9.83. The van der Waals surface area contributed by atoms with E-state index in [4.69, 9.17) is 5.73 Å². The Balaban J connectivity index is 2.72. The molecule has 118 valence electrons. The predicted octanol–water partition coefficient (Wildman–Crippen LogP) is 3.42. The van der Waals surface area contributed by atoms with Crippen LogP contribution in [0.2, 0.25) is 0 Å². The first-order chi connectivity index (χ1) is 9.27. The molecule has 3 heteroatoms. The van der Waals surface area contributed by atoms with E-state index in [1.165, 1.54) is 0 Å². The fourth-order valence-electron chi connectivity index (χ4n) is 2.96. The molecule has 2 N–H and O–H groups in total. The van der Waals surface area contributed by atoms with E-state index in [0.717, 1.165) is 45.2 Å². The van der Waals surface area contributed by atoms with Crippen molar-refractivity contribution in [2.45, 2.75) is 72.8 Å². The van der Waals surface area contributed by atoms with Crippen LogP contribution < -0.4 is 5.73 Å². The van der Waals surface area contributed by atoms with Crippen LogP contribution in [-0.4, -0.2) is 29.9 Å². The van der Waals surface area contributed by atoms with Crippen LogP contribution in [0.25, 0.3) is 0 Å². The van der Waals surface area contributed by atoms with Crippen molar-refractivity contribution in [3.63, 3.8) is 0 Å². The number of rotatable bonds is 7. The molecule has 1 saturated carbocycles. The third-order valence-corrected chi connectivity index (χ3v) is 4.76. The SMILES string of the molecule is CC(C)CCN(CCC(C)C)C(=O)C1(C)CCCC1N. The third-order valence-electron chi connectivity index (χ3n) is 4.76. The van der Waals surface area contributed by atoms with Gasteiger partial charge < -0.3 is 10.6 Å². The molecule has 1 aliphatic rings. The number of nitrogens with two attached hydrogens (primary N) is 1. The van der Waals surface area contributed by atoms with Crippen LogP contribution in [0.5, 0.6) is 0 Å². The van der Waals surface area contributed by atoms with Crippen molar-refractivity contribution in [3.8, 4) is 0 Å². The number of nitrogens with zero attached hydrogens (tertiary/aromatic N) is 1. The Morgan fingerprint density at radius 3 is 2.05 bits per heavy atom. The maximum absolute atomic E-state index is 12.9. The molecule has 2 unspecified atom stereocenters. The van der Waals surface area contributed by atoms with Gasteiger partial charge in [-0.25, -0.2) is 0 Å². The Kier molecular flexibility index (Phi) is 6.50. The number of hydrogen-bond donors (Lipinski definition) is 1. The van der Waals surface area contributed by atoms with Gasteiger partial charge in [0.05, 0.1) is 5.41 Å². The molecule has 3 nitrogen and oxygen atoms in total. The van der Waals surface area contributed by atoms with E-state index < -0.39 is 0 Å². The standard InChI is InChI=1S/C17H34N2O/c1-13(2)8-11-19(12-9-14(3)4)16(20)17(5)10-6-7-15(17)18/h13-15H,6-12,18H2,1-5H3. The Hall–Kier alpha value is -0.570. The average molecular weight is 282 g/mol. The summed E-state index contributed by atoms with van der Waals surface area (Å²) < 4.78 is 0. The predicted molar refractivity (Wildman–Crippen MR) is 85.4 cm³/mol. The first-order valence-electron chi connectivity index (χ1n) is 8.32. The molecule has 0 radical (unpaired) electrons. The molecule has 0 aromatic heterocycles. The molecule has 0 saturated heterocycles. The van der Waals surface area contributed by atoms with Crippen LogP contribution in [0.15, 0.2) is 0 Å². The quantitative estimate of drug-likeness (QED) is 0.777. The maximum Gasteiger partial charge on any atom is 0.230 e. The van der Waals surface area contributed by atoms with Gasteiger partial charge in [0.15, 0.2) is 0 Å². The van der Waals surface area contributed by atoms with Gasteiger partial charge in [-0.15, -0.1) is 0 Å². The zero-order valence-corrected chi connectivity index (χ0v) is 14.1. The van der Waals surface area contributed by atoms with Gasteiger partial charge in [-0.05, 0) is 44.4 Å². The molecule has 0 bridgehead atoms. The molecule has 0 aromatic rings. The van der Waals surface area contributed by atoms with E-state index in [-0.39, 0.29) is 11.5 Å². The topological polar surface area (TPSA) is 46.3 Å². The molecule has 0 spiro atoms. The molecule has 0 aliphatic heterocycles. The summed E-state index contributed by atoms with van der Waals surface area (Å²) in [6.07, 6.45) is 5.19. The van der Waals surface area contributed by atoms with Gasteiger partial charge in [0.1, 0.15) is 0 Å². The van der Waals surface area contributed by atoms with Crippen molar-refractivity contribution in [3.05, 3.63) is 0 Å². The van der Waals surface area contributed by atoms with E-state index in [2.05, 4.69) is 39.5 Å². The number of carbonyl (C=O) groups excluding carboxylic acids is 1. The summed E-state index contributed by atoms with van der Waals surface area (Å²) in [5.41, 5.74) is 5.89. The minimum Gasteiger partial charge on any atom is -0.342 e. The van der Waals surface area contributed by atoms with Gasteiger partial charge >= 0.3 is 0 Å². The van der Waals surface area contributed by atoms with E-state index in [1.807, 2.05) is 0 Å². The third kappa shape index (κ3) is 4.47. The zero-order chi connectivity index (χ0) is 15.3. The summed E-state index contributed by atoms with van der Waals surface area (Å²) in [5, 5.41) is 0. The first-order valence-corrected chi connectivity index (χ1v) is 8.32. The second-order valence-electron chi connectivity index (χ2n) is 7.57. The average Bonchev–Trinajstić information content (AvgIpc) is 2.69. The summed E-state index contributed by atoms with van der Waals surface area (Å²) in [4.78, 5) is 15.0. The van der Waals surface area contributed by atoms with Gasteiger partial charge in [0.2, 0.25) is 5.91 Å². The van der Waals surface area contributed by atoms with E-state index in [9.17, 15) is 4.79 Å². The molecule has 0 heterocycles. The highest BCUT2D eigenvalue weighted by molar-refractivity contribution is 5.83. The van der Waals surface area contributed by atoms with Gasteiger partial charge in [-0.1, -0.05) is 34.1 Å². The highest BCUT2D eigenvalue weighted by atomic mass is 16.2. The number of amides is 1. The Morgan fingerprint density at radius 1 is 1.20 bits per heavy atom. The molecule has 20 heavy (non-hydrogen) atoms. The number of carbonyl (C=O) groups is 1. The highest BCUT2D eigenvalue weighted by Gasteiger charge is 2.44. The lowest BCUT2D eigenvalue weighted by Gasteiger charge is -2.35. The van der Waals surface area contributed by atoms with Crippen molar-refractivity contribution in [1.82, 2.24) is 4.90 Å². The fourth-order valence-corrected chi connectivity index (χ4v) is 2.96. The van der Waals surface area contributed by atoms with Crippen molar-refractivity contribution in [1.29, 1.82) is 0 Å². The van der Waals surface area contributed by atoms with Crippen LogP contribution >= 0.6 is 0 Å². The van der Waals surface area contributed by atoms with Gasteiger partial charge in [-0.3, -0.25) is 4.79 Å². The Morgan fingerprint density at radius 2 is 1.70 bits per heavy atom. The van der Waals surface area contributed by atoms with Gasteiger partial charge in [0.25, 0.3) is 0 Å². The largest absolute Gasteiger partial charge is 0.342 e. The van der Waals surface area contributed by atoms with Crippen molar-refractivity contribution >= 4 is 5.91 Å². The second kappa shape index (κ2) is 7.44. The minimum absolute atomic E-state index is 0.0376. The normalized spacial score (nSPS) is 26.5. The number of hydrogen-bond acceptors (Lipinski definition) is 2. The van der Waals surface area contributed by atoms with Gasteiger partial charge in [0, 0.05) is 19.1 Å². The molecule has 1 aliphatic carbocycles. The van der Waals surface area contributed by atoms with E-state index in [1.54, 1.807) is 0 Å². The first kappa shape index (κ1) is 17.5. The summed E-state index contributed by atoms with van der Waals surface area (Å²) in [6, 6.07) is 0.0376. The van der Waals surface area contributed by atoms with Crippen LogP contribution in [0.1, 0.15) is 66.7 Å². The van der Waals surface area contributed by atoms with E-state index >= 15 is 0 Å². The molecular formula is C17H34N2O. The summed E-state index contributed by atoms with van der Waals surface area (Å²) in [6.45, 7) is 12.7. The van der Waals surface area contributed by atoms with Crippen molar-refractivity contribution in [2.24, 2.45) is 23.0 Å². The minimum atomic E-state index is -0.325. The maximum atomic E-state index is 12.9. The lowest BCUT2D eigenvalue weighted by molar-refractivity contribution is -0.142. The van der Waals surface area contributed by atoms with Crippen molar-refractivity contribution in [2.75, 3.05) is 13.1 Å². The van der Waals surface area contributed by atoms with Gasteiger partial charge in [-0.2, -0.15) is 0 Å². The van der Waals surface area contributed by atoms with E-state index in [0.29, 0.717) is 17.7 Å². The molecule has 2 atom stereocenters. The molecule has 1 rings (SSSR count). The molecule has 1 fully saturated rings. The molecule has 1 amide bonds.